The number of nitrogens with zero attached hydrogens (tertiary/aromatic N) is 1. The molecule has 112 valence electrons. The van der Waals surface area contributed by atoms with E-state index in [1.807, 2.05) is 0 Å². The van der Waals surface area contributed by atoms with Crippen LogP contribution in [0.25, 0.3) is 0 Å². The second-order valence-corrected chi connectivity index (χ2v) is 8.00. The summed E-state index contributed by atoms with van der Waals surface area (Å²) in [6, 6.07) is 4.20. The summed E-state index contributed by atoms with van der Waals surface area (Å²) in [6.07, 6.45) is 1.62. The Morgan fingerprint density at radius 2 is 1.90 bits per heavy atom. The third-order valence-electron chi connectivity index (χ3n) is 3.64. The summed E-state index contributed by atoms with van der Waals surface area (Å²) >= 11 is 11.8. The molecule has 20 heavy (non-hydrogen) atoms. The molecule has 1 aromatic rings. The van der Waals surface area contributed by atoms with E-state index >= 15 is 0 Å². The number of nitrogens with two attached hydrogens (primary N) is 1. The van der Waals surface area contributed by atoms with E-state index in [1.165, 1.54) is 22.5 Å². The Balaban J connectivity index is 2.38. The molecule has 2 atom stereocenters. The van der Waals surface area contributed by atoms with Gasteiger partial charge in [0.2, 0.25) is 10.0 Å². The average Bonchev–Trinajstić information content (AvgIpc) is 2.37. The van der Waals surface area contributed by atoms with Crippen LogP contribution in [-0.2, 0) is 10.0 Å². The molecule has 0 aromatic heterocycles. The van der Waals surface area contributed by atoms with E-state index in [-0.39, 0.29) is 10.9 Å². The summed E-state index contributed by atoms with van der Waals surface area (Å²) in [5, 5.41) is 0.622. The Morgan fingerprint density at radius 3 is 2.45 bits per heavy atom. The van der Waals surface area contributed by atoms with Gasteiger partial charge in [-0.1, -0.05) is 30.1 Å². The number of hydrogen-bond donors (Lipinski definition) is 1. The van der Waals surface area contributed by atoms with Gasteiger partial charge >= 0.3 is 0 Å². The molecule has 0 amide bonds. The van der Waals surface area contributed by atoms with Gasteiger partial charge in [0.05, 0.1) is 4.90 Å². The summed E-state index contributed by atoms with van der Waals surface area (Å²) in [4.78, 5) is 0.128. The van der Waals surface area contributed by atoms with Crippen molar-refractivity contribution >= 4 is 33.2 Å². The molecule has 0 radical (unpaired) electrons. The fourth-order valence-electron chi connectivity index (χ4n) is 2.57. The van der Waals surface area contributed by atoms with Crippen molar-refractivity contribution in [2.75, 3.05) is 13.1 Å². The van der Waals surface area contributed by atoms with Crippen LogP contribution in [0.3, 0.4) is 0 Å². The molecule has 7 heteroatoms. The van der Waals surface area contributed by atoms with Gasteiger partial charge in [-0.15, -0.1) is 0 Å². The lowest BCUT2D eigenvalue weighted by molar-refractivity contribution is 0.211. The fourth-order valence-corrected chi connectivity index (χ4v) is 4.96. The number of piperidine rings is 1. The molecule has 2 unspecified atom stereocenters. The Kier molecular flexibility index (Phi) is 4.97. The first-order chi connectivity index (χ1) is 9.34. The minimum absolute atomic E-state index is 0.128. The van der Waals surface area contributed by atoms with E-state index < -0.39 is 10.0 Å². The van der Waals surface area contributed by atoms with Crippen LogP contribution < -0.4 is 5.73 Å². The predicted molar refractivity (Wildman–Crippen MR) is 81.6 cm³/mol. The van der Waals surface area contributed by atoms with Crippen molar-refractivity contribution in [1.29, 1.82) is 0 Å². The van der Waals surface area contributed by atoms with Crippen LogP contribution in [0, 0.1) is 5.92 Å². The standard InChI is InChI=1S/C13H18Cl2N2O2S/c1-9-2-3-17(12(4-9)8-16)20(18,19)13-6-10(14)5-11(15)7-13/h5-7,9,12H,2-4,8,16H2,1H3. The van der Waals surface area contributed by atoms with Gasteiger partial charge in [-0.05, 0) is 37.0 Å². The van der Waals surface area contributed by atoms with Crippen LogP contribution in [0.1, 0.15) is 19.8 Å². The lowest BCUT2D eigenvalue weighted by atomic mass is 9.94. The van der Waals surface area contributed by atoms with Crippen molar-refractivity contribution in [3.63, 3.8) is 0 Å². The zero-order valence-corrected chi connectivity index (χ0v) is 13.5. The first-order valence-corrected chi connectivity index (χ1v) is 8.72. The maximum Gasteiger partial charge on any atom is 0.243 e. The Morgan fingerprint density at radius 1 is 1.30 bits per heavy atom. The summed E-state index contributed by atoms with van der Waals surface area (Å²) < 4.78 is 26.9. The van der Waals surface area contributed by atoms with Crippen molar-refractivity contribution in [1.82, 2.24) is 4.31 Å². The second-order valence-electron chi connectivity index (χ2n) is 5.24. The van der Waals surface area contributed by atoms with E-state index in [0.29, 0.717) is 29.1 Å². The van der Waals surface area contributed by atoms with Crippen molar-refractivity contribution in [3.8, 4) is 0 Å². The van der Waals surface area contributed by atoms with Crippen molar-refractivity contribution in [3.05, 3.63) is 28.2 Å². The molecule has 1 aromatic carbocycles. The summed E-state index contributed by atoms with van der Waals surface area (Å²) in [6.45, 7) is 2.91. The Bertz CT molecular complexity index is 572. The minimum Gasteiger partial charge on any atom is -0.329 e. The third-order valence-corrected chi connectivity index (χ3v) is 6.00. The quantitative estimate of drug-likeness (QED) is 0.922. The Labute approximate surface area is 129 Å². The molecule has 1 aliphatic heterocycles. The maximum absolute atomic E-state index is 12.7. The van der Waals surface area contributed by atoms with Crippen LogP contribution in [0.4, 0.5) is 0 Å². The SMILES string of the molecule is CC1CCN(S(=O)(=O)c2cc(Cl)cc(Cl)c2)C(CN)C1. The first-order valence-electron chi connectivity index (χ1n) is 6.52. The highest BCUT2D eigenvalue weighted by Crippen LogP contribution is 2.30. The van der Waals surface area contributed by atoms with Crippen molar-refractivity contribution in [2.24, 2.45) is 11.7 Å². The van der Waals surface area contributed by atoms with Crippen LogP contribution in [-0.4, -0.2) is 31.9 Å². The third kappa shape index (κ3) is 3.28. The van der Waals surface area contributed by atoms with Gasteiger partial charge in [0.1, 0.15) is 0 Å². The van der Waals surface area contributed by atoms with Crippen molar-refractivity contribution in [2.45, 2.75) is 30.7 Å². The van der Waals surface area contributed by atoms with Crippen LogP contribution in [0.15, 0.2) is 23.1 Å². The molecule has 0 aliphatic carbocycles. The average molecular weight is 337 g/mol. The van der Waals surface area contributed by atoms with E-state index in [4.69, 9.17) is 28.9 Å². The lowest BCUT2D eigenvalue weighted by Gasteiger charge is -2.36. The van der Waals surface area contributed by atoms with Crippen LogP contribution >= 0.6 is 23.2 Å². The number of halogens is 2. The molecular formula is C13H18Cl2N2O2S. The number of hydrogen-bond acceptors (Lipinski definition) is 3. The lowest BCUT2D eigenvalue weighted by Crippen LogP contribution is -2.49. The first kappa shape index (κ1) is 16.0. The van der Waals surface area contributed by atoms with Gasteiger partial charge in [0.15, 0.2) is 0 Å². The molecule has 1 heterocycles. The molecule has 0 spiro atoms. The second kappa shape index (κ2) is 6.20. The topological polar surface area (TPSA) is 63.4 Å². The van der Waals surface area contributed by atoms with Crippen molar-refractivity contribution < 1.29 is 8.42 Å². The zero-order chi connectivity index (χ0) is 14.9. The molecule has 2 rings (SSSR count). The smallest absolute Gasteiger partial charge is 0.243 e. The van der Waals surface area contributed by atoms with E-state index in [0.717, 1.165) is 12.8 Å². The molecule has 2 N–H and O–H groups in total. The van der Waals surface area contributed by atoms with E-state index in [1.54, 1.807) is 0 Å². The number of rotatable bonds is 3. The zero-order valence-electron chi connectivity index (χ0n) is 11.2. The molecule has 4 nitrogen and oxygen atoms in total. The van der Waals surface area contributed by atoms with Gasteiger partial charge in [-0.25, -0.2) is 8.42 Å². The van der Waals surface area contributed by atoms with E-state index in [9.17, 15) is 8.42 Å². The van der Waals surface area contributed by atoms with Gasteiger partial charge in [-0.3, -0.25) is 0 Å². The van der Waals surface area contributed by atoms with Crippen LogP contribution in [0.2, 0.25) is 10.0 Å². The predicted octanol–water partition coefficient (Wildman–Crippen LogP) is 2.74. The van der Waals surface area contributed by atoms with E-state index in [2.05, 4.69) is 6.92 Å². The molecule has 0 saturated carbocycles. The number of benzene rings is 1. The molecule has 1 fully saturated rings. The molecule has 1 saturated heterocycles. The van der Waals surface area contributed by atoms with Gasteiger partial charge in [0.25, 0.3) is 0 Å². The summed E-state index contributed by atoms with van der Waals surface area (Å²) in [5.74, 6) is 0.484. The molecule has 1 aliphatic rings. The van der Waals surface area contributed by atoms with Gasteiger partial charge < -0.3 is 5.73 Å². The normalized spacial score (nSPS) is 24.8. The molecule has 0 bridgehead atoms. The highest BCUT2D eigenvalue weighted by molar-refractivity contribution is 7.89. The highest BCUT2D eigenvalue weighted by Gasteiger charge is 2.35. The fraction of sp³-hybridized carbons (Fsp3) is 0.538. The molecular weight excluding hydrogens is 319 g/mol. The summed E-state index contributed by atoms with van der Waals surface area (Å²) in [7, 11) is -3.61. The van der Waals surface area contributed by atoms with Crippen LogP contribution in [0.5, 0.6) is 0 Å². The Hall–Kier alpha value is -0.330. The largest absolute Gasteiger partial charge is 0.329 e. The minimum atomic E-state index is -3.61. The van der Waals surface area contributed by atoms with Gasteiger partial charge in [-0.2, -0.15) is 4.31 Å². The highest BCUT2D eigenvalue weighted by atomic mass is 35.5. The maximum atomic E-state index is 12.7. The number of sulfonamides is 1. The summed E-state index contributed by atoms with van der Waals surface area (Å²) in [5.41, 5.74) is 5.73. The van der Waals surface area contributed by atoms with Gasteiger partial charge in [0, 0.05) is 29.2 Å². The monoisotopic (exact) mass is 336 g/mol.